The van der Waals surface area contributed by atoms with Gasteiger partial charge in [0, 0.05) is 13.1 Å². The van der Waals surface area contributed by atoms with Gasteiger partial charge in [-0.3, -0.25) is 9.69 Å². The van der Waals surface area contributed by atoms with Crippen LogP contribution in [0.15, 0.2) is 18.2 Å². The predicted molar refractivity (Wildman–Crippen MR) is 91.5 cm³/mol. The summed E-state index contributed by atoms with van der Waals surface area (Å²) in [7, 11) is 0. The lowest BCUT2D eigenvalue weighted by atomic mass is 10.0. The minimum Gasteiger partial charge on any atom is -0.460 e. The topological polar surface area (TPSA) is 55.8 Å². The van der Waals surface area contributed by atoms with Gasteiger partial charge < -0.3 is 9.47 Å². The molecule has 0 bridgehead atoms. The van der Waals surface area contributed by atoms with Gasteiger partial charge in [0.2, 0.25) is 0 Å². The number of ether oxygens (including phenoxy) is 2. The number of rotatable bonds is 2. The molecule has 0 N–H and O–H groups in total. The van der Waals surface area contributed by atoms with Crippen LogP contribution >= 0.6 is 0 Å². The van der Waals surface area contributed by atoms with Crippen LogP contribution < -0.4 is 0 Å². The van der Waals surface area contributed by atoms with Crippen molar-refractivity contribution < 1.29 is 19.1 Å². The minimum atomic E-state index is -0.523. The summed E-state index contributed by atoms with van der Waals surface area (Å²) in [4.78, 5) is 26.0. The molecule has 1 aliphatic heterocycles. The molecule has 0 spiro atoms. The quantitative estimate of drug-likeness (QED) is 0.772. The molecule has 1 aromatic rings. The Morgan fingerprint density at radius 1 is 1.00 bits per heavy atom. The standard InChI is InChI=1S/C19H27NO4/c1-18(2,3)23-16(21)10-13-8-7-9-14-11-20(12-15(13)14)17(22)24-19(4,5)6/h7-9H,10-12H2,1-6H3. The maximum atomic E-state index is 12.3. The second-order valence-electron chi connectivity index (χ2n) is 8.15. The van der Waals surface area contributed by atoms with Crippen molar-refractivity contribution in [3.8, 4) is 0 Å². The SMILES string of the molecule is CC(C)(C)OC(=O)Cc1cccc2c1CN(C(=O)OC(C)(C)C)C2. The Morgan fingerprint density at radius 3 is 2.21 bits per heavy atom. The third-order valence-electron chi connectivity index (χ3n) is 3.49. The van der Waals surface area contributed by atoms with Gasteiger partial charge >= 0.3 is 12.1 Å². The summed E-state index contributed by atoms with van der Waals surface area (Å²) in [6.45, 7) is 12.1. The number of hydrogen-bond donors (Lipinski definition) is 0. The molecule has 0 radical (unpaired) electrons. The van der Waals surface area contributed by atoms with Gasteiger partial charge in [-0.2, -0.15) is 0 Å². The van der Waals surface area contributed by atoms with E-state index in [2.05, 4.69) is 0 Å². The van der Waals surface area contributed by atoms with E-state index in [1.807, 2.05) is 59.7 Å². The summed E-state index contributed by atoms with van der Waals surface area (Å²) in [6.07, 6.45) is -0.121. The van der Waals surface area contributed by atoms with E-state index in [1.165, 1.54) is 0 Å². The molecule has 132 valence electrons. The van der Waals surface area contributed by atoms with Crippen LogP contribution in [0.2, 0.25) is 0 Å². The van der Waals surface area contributed by atoms with Gasteiger partial charge in [0.15, 0.2) is 0 Å². The van der Waals surface area contributed by atoms with Crippen molar-refractivity contribution in [2.75, 3.05) is 0 Å². The zero-order valence-corrected chi connectivity index (χ0v) is 15.4. The summed E-state index contributed by atoms with van der Waals surface area (Å²) in [5.74, 6) is -0.258. The van der Waals surface area contributed by atoms with Gasteiger partial charge in [0.1, 0.15) is 11.2 Å². The Bertz CT molecular complexity index is 638. The van der Waals surface area contributed by atoms with E-state index in [-0.39, 0.29) is 18.5 Å². The molecular weight excluding hydrogens is 306 g/mol. The highest BCUT2D eigenvalue weighted by Gasteiger charge is 2.29. The molecule has 0 saturated heterocycles. The second kappa shape index (κ2) is 6.46. The smallest absolute Gasteiger partial charge is 0.410 e. The number of esters is 1. The number of nitrogens with zero attached hydrogens (tertiary/aromatic N) is 1. The molecule has 0 fully saturated rings. The van der Waals surface area contributed by atoms with Crippen molar-refractivity contribution in [3.63, 3.8) is 0 Å². The molecule has 1 aromatic carbocycles. The van der Waals surface area contributed by atoms with Crippen LogP contribution in [0.4, 0.5) is 4.79 Å². The highest BCUT2D eigenvalue weighted by atomic mass is 16.6. The molecule has 0 aliphatic carbocycles. The number of amides is 1. The molecule has 0 aromatic heterocycles. The molecule has 1 aliphatic rings. The van der Waals surface area contributed by atoms with Gasteiger partial charge in [0.25, 0.3) is 0 Å². The van der Waals surface area contributed by atoms with Gasteiger partial charge in [-0.05, 0) is 58.2 Å². The Hall–Kier alpha value is -2.04. The fraction of sp³-hybridized carbons (Fsp3) is 0.579. The monoisotopic (exact) mass is 333 g/mol. The van der Waals surface area contributed by atoms with Crippen LogP contribution in [-0.4, -0.2) is 28.2 Å². The zero-order chi connectivity index (χ0) is 18.1. The maximum absolute atomic E-state index is 12.3. The van der Waals surface area contributed by atoms with E-state index in [4.69, 9.17) is 9.47 Å². The molecule has 0 saturated carbocycles. The lowest BCUT2D eigenvalue weighted by Gasteiger charge is -2.24. The normalized spacial score (nSPS) is 14.3. The third kappa shape index (κ3) is 4.98. The van der Waals surface area contributed by atoms with Crippen LogP contribution in [0.1, 0.15) is 58.2 Å². The van der Waals surface area contributed by atoms with E-state index in [1.54, 1.807) is 4.90 Å². The Morgan fingerprint density at radius 2 is 1.62 bits per heavy atom. The van der Waals surface area contributed by atoms with Crippen LogP contribution in [-0.2, 0) is 33.8 Å². The molecule has 1 amide bonds. The van der Waals surface area contributed by atoms with Crippen molar-refractivity contribution in [2.45, 2.75) is 72.3 Å². The zero-order valence-electron chi connectivity index (χ0n) is 15.4. The minimum absolute atomic E-state index is 0.211. The number of benzene rings is 1. The fourth-order valence-electron chi connectivity index (χ4n) is 2.65. The summed E-state index contributed by atoms with van der Waals surface area (Å²) in [6, 6.07) is 5.82. The van der Waals surface area contributed by atoms with Crippen molar-refractivity contribution in [3.05, 3.63) is 34.9 Å². The summed E-state index contributed by atoms with van der Waals surface area (Å²) in [5.41, 5.74) is 1.96. The van der Waals surface area contributed by atoms with Crippen molar-refractivity contribution in [1.29, 1.82) is 0 Å². The Balaban J connectivity index is 2.10. The number of hydrogen-bond acceptors (Lipinski definition) is 4. The average Bonchev–Trinajstić information content (AvgIpc) is 2.79. The summed E-state index contributed by atoms with van der Waals surface area (Å²) < 4.78 is 10.8. The van der Waals surface area contributed by atoms with E-state index in [0.717, 1.165) is 16.7 Å². The maximum Gasteiger partial charge on any atom is 0.410 e. The number of carbonyl (C=O) groups is 2. The van der Waals surface area contributed by atoms with Gasteiger partial charge in [-0.15, -0.1) is 0 Å². The van der Waals surface area contributed by atoms with E-state index >= 15 is 0 Å². The largest absolute Gasteiger partial charge is 0.460 e. The Kier molecular flexibility index (Phi) is 4.92. The third-order valence-corrected chi connectivity index (χ3v) is 3.49. The second-order valence-corrected chi connectivity index (χ2v) is 8.15. The molecule has 0 unspecified atom stereocenters. The van der Waals surface area contributed by atoms with Crippen LogP contribution in [0.25, 0.3) is 0 Å². The van der Waals surface area contributed by atoms with Crippen LogP contribution in [0.3, 0.4) is 0 Å². The van der Waals surface area contributed by atoms with Crippen LogP contribution in [0, 0.1) is 0 Å². The van der Waals surface area contributed by atoms with Crippen molar-refractivity contribution in [1.82, 2.24) is 4.90 Å². The molecular formula is C19H27NO4. The van der Waals surface area contributed by atoms with E-state index in [9.17, 15) is 9.59 Å². The van der Waals surface area contributed by atoms with Crippen molar-refractivity contribution >= 4 is 12.1 Å². The molecule has 0 atom stereocenters. The molecule has 2 rings (SSSR count). The fourth-order valence-corrected chi connectivity index (χ4v) is 2.65. The first-order valence-electron chi connectivity index (χ1n) is 8.24. The predicted octanol–water partition coefficient (Wildman–Crippen LogP) is 3.82. The number of carbonyl (C=O) groups excluding carboxylic acids is 2. The molecule has 24 heavy (non-hydrogen) atoms. The first-order chi connectivity index (χ1) is 10.9. The van der Waals surface area contributed by atoms with E-state index < -0.39 is 11.2 Å². The molecule has 1 heterocycles. The summed E-state index contributed by atoms with van der Waals surface area (Å²) in [5, 5.41) is 0. The number of fused-ring (bicyclic) bond motifs is 1. The average molecular weight is 333 g/mol. The van der Waals surface area contributed by atoms with Gasteiger partial charge in [0.05, 0.1) is 6.42 Å². The van der Waals surface area contributed by atoms with Crippen LogP contribution in [0.5, 0.6) is 0 Å². The summed E-state index contributed by atoms with van der Waals surface area (Å²) >= 11 is 0. The molecule has 5 heteroatoms. The van der Waals surface area contributed by atoms with Gasteiger partial charge in [-0.1, -0.05) is 18.2 Å². The highest BCUT2D eigenvalue weighted by Crippen LogP contribution is 2.28. The molecule has 5 nitrogen and oxygen atoms in total. The van der Waals surface area contributed by atoms with Crippen molar-refractivity contribution in [2.24, 2.45) is 0 Å². The first-order valence-corrected chi connectivity index (χ1v) is 8.24. The lowest BCUT2D eigenvalue weighted by molar-refractivity contribution is -0.153. The Labute approximate surface area is 143 Å². The highest BCUT2D eigenvalue weighted by molar-refractivity contribution is 5.74. The van der Waals surface area contributed by atoms with Gasteiger partial charge in [-0.25, -0.2) is 4.79 Å². The first kappa shape index (κ1) is 18.3. The van der Waals surface area contributed by atoms with E-state index in [0.29, 0.717) is 13.1 Å². The lowest BCUT2D eigenvalue weighted by Crippen LogP contribution is -2.33.